The highest BCUT2D eigenvalue weighted by atomic mass is 32.2. The predicted octanol–water partition coefficient (Wildman–Crippen LogP) is 3.80. The summed E-state index contributed by atoms with van der Waals surface area (Å²) in [6, 6.07) is 14.5. The van der Waals surface area contributed by atoms with Gasteiger partial charge in [-0.05, 0) is 48.7 Å². The van der Waals surface area contributed by atoms with Gasteiger partial charge in [-0.1, -0.05) is 36.0 Å². The molecule has 1 heterocycles. The molecule has 8 heteroatoms. The zero-order valence-electron chi connectivity index (χ0n) is 18.0. The first kappa shape index (κ1) is 23.1. The van der Waals surface area contributed by atoms with Crippen molar-refractivity contribution in [3.05, 3.63) is 75.3 Å². The van der Waals surface area contributed by atoms with Crippen LogP contribution in [0.3, 0.4) is 0 Å². The van der Waals surface area contributed by atoms with E-state index in [-0.39, 0.29) is 24.0 Å². The number of esters is 1. The molecule has 1 atom stereocenters. The Kier molecular flexibility index (Phi) is 7.33. The van der Waals surface area contributed by atoms with Crippen molar-refractivity contribution in [1.82, 2.24) is 5.32 Å². The van der Waals surface area contributed by atoms with Crippen molar-refractivity contribution < 1.29 is 19.1 Å². The fourth-order valence-electron chi connectivity index (χ4n) is 3.40. The molecule has 0 bridgehead atoms. The van der Waals surface area contributed by atoms with Crippen LogP contribution in [0.1, 0.15) is 39.4 Å². The Labute approximate surface area is 190 Å². The van der Waals surface area contributed by atoms with Gasteiger partial charge in [-0.3, -0.25) is 9.59 Å². The van der Waals surface area contributed by atoms with Crippen LogP contribution in [0, 0.1) is 25.2 Å². The number of amides is 2. The molecule has 0 fully saturated rings. The van der Waals surface area contributed by atoms with Gasteiger partial charge in [-0.15, -0.1) is 0 Å². The highest BCUT2D eigenvalue weighted by Gasteiger charge is 2.30. The van der Waals surface area contributed by atoms with Gasteiger partial charge in [-0.2, -0.15) is 5.26 Å². The van der Waals surface area contributed by atoms with Crippen LogP contribution in [-0.2, 0) is 14.3 Å². The maximum Gasteiger partial charge on any atom is 0.337 e. The van der Waals surface area contributed by atoms with Gasteiger partial charge in [0.25, 0.3) is 0 Å². The Morgan fingerprint density at radius 2 is 1.94 bits per heavy atom. The van der Waals surface area contributed by atoms with Crippen LogP contribution < -0.4 is 10.6 Å². The van der Waals surface area contributed by atoms with E-state index in [1.165, 1.54) is 7.11 Å². The second-order valence-electron chi connectivity index (χ2n) is 7.36. The number of nitrogens with one attached hydrogen (secondary N) is 2. The molecule has 0 spiro atoms. The van der Waals surface area contributed by atoms with Crippen LogP contribution in [0.5, 0.6) is 0 Å². The number of rotatable bonds is 6. The zero-order valence-corrected chi connectivity index (χ0v) is 18.8. The van der Waals surface area contributed by atoms with Crippen LogP contribution in [0.25, 0.3) is 0 Å². The summed E-state index contributed by atoms with van der Waals surface area (Å²) in [5.41, 5.74) is 4.31. The summed E-state index contributed by atoms with van der Waals surface area (Å²) in [4.78, 5) is 36.5. The molecule has 32 heavy (non-hydrogen) atoms. The van der Waals surface area contributed by atoms with E-state index in [0.717, 1.165) is 34.1 Å². The number of nitriles is 1. The van der Waals surface area contributed by atoms with E-state index in [0.29, 0.717) is 16.2 Å². The second-order valence-corrected chi connectivity index (χ2v) is 8.34. The molecular weight excluding hydrogens is 426 g/mol. The van der Waals surface area contributed by atoms with Crippen molar-refractivity contribution >= 4 is 35.2 Å². The van der Waals surface area contributed by atoms with Gasteiger partial charge in [0, 0.05) is 18.0 Å². The summed E-state index contributed by atoms with van der Waals surface area (Å²) in [5.74, 6) is -1.33. The van der Waals surface area contributed by atoms with Gasteiger partial charge in [-0.25, -0.2) is 4.79 Å². The number of benzene rings is 2. The molecule has 2 N–H and O–H groups in total. The fourth-order valence-corrected chi connectivity index (χ4v) is 4.27. The number of methoxy groups -OCH3 is 1. The average molecular weight is 450 g/mol. The van der Waals surface area contributed by atoms with E-state index in [1.54, 1.807) is 24.3 Å². The summed E-state index contributed by atoms with van der Waals surface area (Å²) in [7, 11) is 1.30. The number of carbonyl (C=O) groups excluding carboxylic acids is 3. The molecular formula is C24H23N3O4S. The number of anilines is 1. The van der Waals surface area contributed by atoms with E-state index >= 15 is 0 Å². The van der Waals surface area contributed by atoms with Crippen molar-refractivity contribution in [1.29, 1.82) is 5.26 Å². The van der Waals surface area contributed by atoms with Gasteiger partial charge < -0.3 is 15.4 Å². The molecule has 0 saturated heterocycles. The van der Waals surface area contributed by atoms with E-state index in [2.05, 4.69) is 16.7 Å². The summed E-state index contributed by atoms with van der Waals surface area (Å²) < 4.78 is 4.70. The third-order valence-corrected chi connectivity index (χ3v) is 6.33. The van der Waals surface area contributed by atoms with Crippen LogP contribution in [0.4, 0.5) is 5.69 Å². The van der Waals surface area contributed by atoms with E-state index in [1.807, 2.05) is 32.0 Å². The summed E-state index contributed by atoms with van der Waals surface area (Å²) in [6.45, 7) is 3.91. The maximum absolute atomic E-state index is 12.5. The quantitative estimate of drug-likeness (QED) is 0.650. The molecule has 7 nitrogen and oxygen atoms in total. The van der Waals surface area contributed by atoms with Crippen LogP contribution in [0.15, 0.2) is 53.1 Å². The van der Waals surface area contributed by atoms with E-state index < -0.39 is 11.9 Å². The number of allylic oxidation sites excluding steroid dienone is 1. The Morgan fingerprint density at radius 3 is 2.59 bits per heavy atom. The first-order valence-electron chi connectivity index (χ1n) is 9.95. The highest BCUT2D eigenvalue weighted by molar-refractivity contribution is 8.03. The number of aryl methyl sites for hydroxylation is 1. The van der Waals surface area contributed by atoms with Crippen molar-refractivity contribution in [2.24, 2.45) is 0 Å². The topological polar surface area (TPSA) is 108 Å². The number of nitrogens with zero attached hydrogens (tertiary/aromatic N) is 1. The van der Waals surface area contributed by atoms with Crippen molar-refractivity contribution in [3.8, 4) is 6.07 Å². The lowest BCUT2D eigenvalue weighted by molar-refractivity contribution is -0.121. The van der Waals surface area contributed by atoms with Crippen molar-refractivity contribution in [3.63, 3.8) is 0 Å². The van der Waals surface area contributed by atoms with Gasteiger partial charge in [0.1, 0.15) is 0 Å². The van der Waals surface area contributed by atoms with Gasteiger partial charge in [0.2, 0.25) is 11.8 Å². The molecule has 0 saturated carbocycles. The Hall–Kier alpha value is -3.57. The summed E-state index contributed by atoms with van der Waals surface area (Å²) in [5, 5.41) is 15.8. The molecule has 0 aromatic heterocycles. The smallest absolute Gasteiger partial charge is 0.337 e. The number of ether oxygens (including phenoxy) is 1. The number of carbonyl (C=O) groups is 3. The normalized spacial score (nSPS) is 15.6. The minimum absolute atomic E-state index is 0.0438. The molecule has 1 aliphatic rings. The number of hydrogen-bond donors (Lipinski definition) is 2. The summed E-state index contributed by atoms with van der Waals surface area (Å²) in [6.07, 6.45) is 0.110. The zero-order chi connectivity index (χ0) is 23.3. The minimum atomic E-state index is -0.458. The van der Waals surface area contributed by atoms with Crippen LogP contribution in [0.2, 0.25) is 0 Å². The lowest BCUT2D eigenvalue weighted by Crippen LogP contribution is -2.31. The Morgan fingerprint density at radius 1 is 1.22 bits per heavy atom. The molecule has 164 valence electrons. The highest BCUT2D eigenvalue weighted by Crippen LogP contribution is 2.36. The number of hydrogen-bond acceptors (Lipinski definition) is 6. The lowest BCUT2D eigenvalue weighted by Gasteiger charge is -2.25. The fraction of sp³-hybridized carbons (Fsp3) is 0.250. The molecule has 2 amide bonds. The average Bonchev–Trinajstić information content (AvgIpc) is 2.80. The monoisotopic (exact) mass is 449 g/mol. The molecule has 0 aliphatic carbocycles. The summed E-state index contributed by atoms with van der Waals surface area (Å²) >= 11 is 1.12. The van der Waals surface area contributed by atoms with Crippen LogP contribution >= 0.6 is 11.8 Å². The van der Waals surface area contributed by atoms with E-state index in [4.69, 9.17) is 4.74 Å². The standard InChI is InChI=1S/C24H23N3O4S/c1-14-5-4-6-20(15(14)2)26-22(29)13-32-23-19(12-25)18(11-21(28)27-23)16-7-9-17(10-8-16)24(30)31-3/h4-10,18H,11,13H2,1-3H3,(H,26,29)(H,27,28)/t18-/m1/s1. The third-order valence-electron chi connectivity index (χ3n) is 5.32. The predicted molar refractivity (Wildman–Crippen MR) is 123 cm³/mol. The second kappa shape index (κ2) is 10.2. The van der Waals surface area contributed by atoms with E-state index in [9.17, 15) is 19.6 Å². The molecule has 3 rings (SSSR count). The number of thioether (sulfide) groups is 1. The van der Waals surface area contributed by atoms with Crippen molar-refractivity contribution in [2.75, 3.05) is 18.2 Å². The first-order valence-corrected chi connectivity index (χ1v) is 10.9. The van der Waals surface area contributed by atoms with Crippen LogP contribution in [-0.4, -0.2) is 30.6 Å². The first-order chi connectivity index (χ1) is 15.3. The maximum atomic E-state index is 12.5. The third kappa shape index (κ3) is 5.18. The Balaban J connectivity index is 1.77. The lowest BCUT2D eigenvalue weighted by atomic mass is 9.87. The van der Waals surface area contributed by atoms with Gasteiger partial charge in [0.15, 0.2) is 0 Å². The molecule has 0 radical (unpaired) electrons. The molecule has 2 aromatic carbocycles. The molecule has 2 aromatic rings. The molecule has 1 aliphatic heterocycles. The van der Waals surface area contributed by atoms with Gasteiger partial charge in [0.05, 0.1) is 35.1 Å². The Bertz CT molecular complexity index is 1130. The molecule has 0 unspecified atom stereocenters. The minimum Gasteiger partial charge on any atom is -0.465 e. The SMILES string of the molecule is COC(=O)c1ccc([C@H]2CC(=O)NC(SCC(=O)Nc3cccc(C)c3C)=C2C#N)cc1. The van der Waals surface area contributed by atoms with Gasteiger partial charge >= 0.3 is 5.97 Å². The largest absolute Gasteiger partial charge is 0.465 e. The van der Waals surface area contributed by atoms with Crippen molar-refractivity contribution in [2.45, 2.75) is 26.2 Å².